The minimum absolute atomic E-state index is 0.103. The van der Waals surface area contributed by atoms with Gasteiger partial charge in [0.15, 0.2) is 9.84 Å². The Labute approximate surface area is 156 Å². The van der Waals surface area contributed by atoms with Crippen LogP contribution < -0.4 is 0 Å². The van der Waals surface area contributed by atoms with Crippen LogP contribution in [0.1, 0.15) is 43.9 Å². The highest BCUT2D eigenvalue weighted by atomic mass is 32.2. The molecule has 0 unspecified atom stereocenters. The molecular weight excluding hydrogens is 348 g/mol. The maximum absolute atomic E-state index is 12.4. The Hall–Kier alpha value is -1.18. The van der Waals surface area contributed by atoms with Crippen LogP contribution in [0.15, 0.2) is 17.8 Å². The Kier molecular flexibility index (Phi) is 4.73. The predicted octanol–water partition coefficient (Wildman–Crippen LogP) is 1.55. The fourth-order valence-electron chi connectivity index (χ4n) is 4.54. The van der Waals surface area contributed by atoms with Crippen molar-refractivity contribution in [3.8, 4) is 0 Å². The van der Waals surface area contributed by atoms with Gasteiger partial charge in [0.05, 0.1) is 17.7 Å². The lowest BCUT2D eigenvalue weighted by molar-refractivity contribution is 0.0476. The third kappa shape index (κ3) is 3.62. The van der Waals surface area contributed by atoms with Crippen LogP contribution in [0.4, 0.5) is 0 Å². The third-order valence-electron chi connectivity index (χ3n) is 6.04. The van der Waals surface area contributed by atoms with E-state index in [-0.39, 0.29) is 12.1 Å². The molecule has 3 fully saturated rings. The van der Waals surface area contributed by atoms with Crippen molar-refractivity contribution in [3.05, 3.63) is 29.1 Å². The molecule has 0 radical (unpaired) electrons. The smallest absolute Gasteiger partial charge is 0.153 e. The van der Waals surface area contributed by atoms with Crippen molar-refractivity contribution in [3.63, 3.8) is 0 Å². The van der Waals surface area contributed by atoms with Gasteiger partial charge in [-0.25, -0.2) is 8.42 Å². The molecule has 3 aliphatic rings. The molecule has 0 N–H and O–H groups in total. The minimum Gasteiger partial charge on any atom is -0.293 e. The van der Waals surface area contributed by atoms with Crippen LogP contribution in [-0.2, 0) is 23.4 Å². The number of hydrogen-bond acceptors (Lipinski definition) is 5. The summed E-state index contributed by atoms with van der Waals surface area (Å²) in [4.78, 5) is 4.76. The van der Waals surface area contributed by atoms with E-state index in [1.165, 1.54) is 29.7 Å². The Bertz CT molecular complexity index is 806. The highest BCUT2D eigenvalue weighted by molar-refractivity contribution is 7.91. The zero-order valence-electron chi connectivity index (χ0n) is 16.1. The maximum atomic E-state index is 12.4. The van der Waals surface area contributed by atoms with E-state index in [0.717, 1.165) is 26.2 Å². The van der Waals surface area contributed by atoms with E-state index in [4.69, 9.17) is 0 Å². The van der Waals surface area contributed by atoms with E-state index in [2.05, 4.69) is 34.8 Å². The molecule has 7 heteroatoms. The molecule has 0 amide bonds. The zero-order chi connectivity index (χ0) is 18.5. The minimum atomic E-state index is -2.96. The molecular formula is C19H30N4O2S. The van der Waals surface area contributed by atoms with Gasteiger partial charge in [0, 0.05) is 62.5 Å². The third-order valence-corrected chi connectivity index (χ3v) is 7.74. The topological polar surface area (TPSA) is 58.4 Å². The first-order chi connectivity index (χ1) is 12.3. The number of sulfone groups is 1. The van der Waals surface area contributed by atoms with Crippen LogP contribution in [0.3, 0.4) is 0 Å². The van der Waals surface area contributed by atoms with Crippen molar-refractivity contribution in [2.75, 3.05) is 31.1 Å². The maximum Gasteiger partial charge on any atom is 0.153 e. The summed E-state index contributed by atoms with van der Waals surface area (Å²) in [6.07, 6.45) is 6.71. The molecule has 3 heterocycles. The van der Waals surface area contributed by atoms with Crippen molar-refractivity contribution in [2.24, 2.45) is 7.05 Å². The number of fused-ring (bicyclic) bond motifs is 1. The van der Waals surface area contributed by atoms with Gasteiger partial charge in [0.2, 0.25) is 0 Å². The zero-order valence-corrected chi connectivity index (χ0v) is 16.9. The van der Waals surface area contributed by atoms with E-state index in [1.54, 1.807) is 0 Å². The summed E-state index contributed by atoms with van der Waals surface area (Å²) in [5, 5.41) is 4.47. The van der Waals surface area contributed by atoms with Crippen LogP contribution in [0.25, 0.3) is 0 Å². The summed E-state index contributed by atoms with van der Waals surface area (Å²) in [5.74, 6) is 1.24. The lowest BCUT2D eigenvalue weighted by atomic mass is 10.0. The van der Waals surface area contributed by atoms with E-state index in [9.17, 15) is 8.42 Å². The van der Waals surface area contributed by atoms with Gasteiger partial charge in [-0.15, -0.1) is 0 Å². The largest absolute Gasteiger partial charge is 0.293 e. The van der Waals surface area contributed by atoms with Gasteiger partial charge in [-0.2, -0.15) is 5.10 Å². The Morgan fingerprint density at radius 1 is 1.19 bits per heavy atom. The highest BCUT2D eigenvalue weighted by Gasteiger charge is 2.46. The van der Waals surface area contributed by atoms with Gasteiger partial charge in [-0.1, -0.05) is 11.6 Å². The number of allylic oxidation sites excluding steroid dienone is 1. The molecule has 0 bridgehead atoms. The van der Waals surface area contributed by atoms with Gasteiger partial charge in [0.25, 0.3) is 0 Å². The molecule has 1 aliphatic carbocycles. The average molecular weight is 379 g/mol. The Morgan fingerprint density at radius 3 is 2.50 bits per heavy atom. The molecule has 4 rings (SSSR count). The van der Waals surface area contributed by atoms with Crippen molar-refractivity contribution in [1.29, 1.82) is 0 Å². The molecule has 1 aromatic rings. The Balaban J connectivity index is 1.54. The molecule has 0 spiro atoms. The number of piperazine rings is 1. The highest BCUT2D eigenvalue weighted by Crippen LogP contribution is 2.42. The predicted molar refractivity (Wildman–Crippen MR) is 103 cm³/mol. The van der Waals surface area contributed by atoms with E-state index in [1.807, 2.05) is 17.9 Å². The monoisotopic (exact) mass is 378 g/mol. The standard InChI is InChI=1S/C19H30N4O2S/c1-14(2)6-7-22-8-9-23(18-13-26(24,25)12-17(18)22)11-16-10-20-21(3)19(16)15-4-5-15/h6,10,15,17-18H,4-5,7-9,11-13H2,1-3H3/t17-,18+/m1/s1. The van der Waals surface area contributed by atoms with Crippen LogP contribution in [0.2, 0.25) is 0 Å². The van der Waals surface area contributed by atoms with Crippen molar-refractivity contribution < 1.29 is 8.42 Å². The number of rotatable bonds is 5. The van der Waals surface area contributed by atoms with Crippen molar-refractivity contribution in [2.45, 2.75) is 51.2 Å². The number of hydrogen-bond donors (Lipinski definition) is 0. The summed E-state index contributed by atoms with van der Waals surface area (Å²) < 4.78 is 26.8. The van der Waals surface area contributed by atoms with Gasteiger partial charge < -0.3 is 0 Å². The van der Waals surface area contributed by atoms with Gasteiger partial charge in [-0.05, 0) is 26.7 Å². The number of aromatic nitrogens is 2. The van der Waals surface area contributed by atoms with Crippen LogP contribution in [0, 0.1) is 0 Å². The summed E-state index contributed by atoms with van der Waals surface area (Å²) >= 11 is 0. The van der Waals surface area contributed by atoms with Gasteiger partial charge in [0.1, 0.15) is 0 Å². The second-order valence-electron chi connectivity index (χ2n) is 8.41. The second kappa shape index (κ2) is 6.77. The number of nitrogens with zero attached hydrogens (tertiary/aromatic N) is 4. The molecule has 1 saturated carbocycles. The van der Waals surface area contributed by atoms with E-state index in [0.29, 0.717) is 17.4 Å². The van der Waals surface area contributed by atoms with Gasteiger partial charge in [-0.3, -0.25) is 14.5 Å². The van der Waals surface area contributed by atoms with E-state index >= 15 is 0 Å². The first kappa shape index (κ1) is 18.2. The van der Waals surface area contributed by atoms with Crippen molar-refractivity contribution >= 4 is 9.84 Å². The fraction of sp³-hybridized carbons (Fsp3) is 0.737. The summed E-state index contributed by atoms with van der Waals surface area (Å²) in [6.45, 7) is 7.73. The first-order valence-corrected chi connectivity index (χ1v) is 11.5. The van der Waals surface area contributed by atoms with E-state index < -0.39 is 9.84 Å². The molecule has 2 saturated heterocycles. The molecule has 0 aromatic carbocycles. The van der Waals surface area contributed by atoms with Crippen LogP contribution in [-0.4, -0.2) is 71.2 Å². The normalized spacial score (nSPS) is 28.9. The summed E-state index contributed by atoms with van der Waals surface area (Å²) in [7, 11) is -0.934. The quantitative estimate of drug-likeness (QED) is 0.728. The lowest BCUT2D eigenvalue weighted by Gasteiger charge is -2.43. The van der Waals surface area contributed by atoms with Crippen LogP contribution in [0.5, 0.6) is 0 Å². The van der Waals surface area contributed by atoms with Crippen LogP contribution >= 0.6 is 0 Å². The summed E-state index contributed by atoms with van der Waals surface area (Å²) in [6, 6.07) is 0.219. The molecule has 2 atom stereocenters. The SMILES string of the molecule is CC(C)=CCN1CCN(Cc2cnn(C)c2C2CC2)[C@H]2CS(=O)(=O)C[C@H]21. The number of aryl methyl sites for hydroxylation is 1. The first-order valence-electron chi connectivity index (χ1n) is 9.67. The lowest BCUT2D eigenvalue weighted by Crippen LogP contribution is -2.58. The van der Waals surface area contributed by atoms with Gasteiger partial charge >= 0.3 is 0 Å². The summed E-state index contributed by atoms with van der Waals surface area (Å²) in [5.41, 5.74) is 3.93. The second-order valence-corrected chi connectivity index (χ2v) is 10.6. The molecule has 6 nitrogen and oxygen atoms in total. The van der Waals surface area contributed by atoms with Crippen molar-refractivity contribution in [1.82, 2.24) is 19.6 Å². The molecule has 2 aliphatic heterocycles. The fourth-order valence-corrected chi connectivity index (χ4v) is 6.58. The molecule has 26 heavy (non-hydrogen) atoms. The molecule has 1 aromatic heterocycles. The average Bonchev–Trinajstić information content (AvgIpc) is 3.24. The molecule has 144 valence electrons. The Morgan fingerprint density at radius 2 is 1.85 bits per heavy atom.